The van der Waals surface area contributed by atoms with Gasteiger partial charge in [0.1, 0.15) is 6.10 Å². The summed E-state index contributed by atoms with van der Waals surface area (Å²) < 4.78 is 5.17. The highest BCUT2D eigenvalue weighted by Gasteiger charge is 2.42. The van der Waals surface area contributed by atoms with Gasteiger partial charge < -0.3 is 4.74 Å². The summed E-state index contributed by atoms with van der Waals surface area (Å²) in [5, 5.41) is 1.16. The fraction of sp³-hybridized carbons (Fsp3) is 0.818. The molecule has 0 heterocycles. The Balaban J connectivity index is 2.50. The largest absolute Gasteiger partial charge is 0.462 e. The molecular formula is C11H19NO4. The number of hydrogen-bond acceptors (Lipinski definition) is 4. The molecule has 0 radical (unpaired) electrons. The van der Waals surface area contributed by atoms with Gasteiger partial charge in [-0.15, -0.1) is 0 Å². The van der Waals surface area contributed by atoms with Crippen LogP contribution in [0.4, 0.5) is 0 Å². The lowest BCUT2D eigenvalue weighted by molar-refractivity contribution is -0.173. The van der Waals surface area contributed by atoms with E-state index in [-0.39, 0.29) is 24.4 Å². The average molecular weight is 229 g/mol. The molecule has 5 heteroatoms. The van der Waals surface area contributed by atoms with Crippen molar-refractivity contribution in [2.45, 2.75) is 32.8 Å². The Morgan fingerprint density at radius 1 is 1.50 bits per heavy atom. The van der Waals surface area contributed by atoms with Crippen LogP contribution in [0.1, 0.15) is 26.7 Å². The number of hydroxylamine groups is 2. The zero-order chi connectivity index (χ0) is 12.3. The lowest BCUT2D eigenvalue weighted by Gasteiger charge is -2.19. The molecule has 0 N–H and O–H groups in total. The average Bonchev–Trinajstić information content (AvgIpc) is 2.92. The van der Waals surface area contributed by atoms with E-state index >= 15 is 0 Å². The third-order valence-corrected chi connectivity index (χ3v) is 2.97. The van der Waals surface area contributed by atoms with E-state index in [0.717, 1.165) is 11.5 Å². The Kier molecular flexibility index (Phi) is 4.29. The monoisotopic (exact) mass is 229 g/mol. The Morgan fingerprint density at radius 3 is 2.44 bits per heavy atom. The van der Waals surface area contributed by atoms with Crippen molar-refractivity contribution >= 4 is 11.9 Å². The molecule has 92 valence electrons. The Labute approximate surface area is 95.6 Å². The molecule has 0 aromatic carbocycles. The van der Waals surface area contributed by atoms with Crippen LogP contribution in [0.25, 0.3) is 0 Å². The Bertz CT molecular complexity index is 279. The number of nitrogens with zero attached hydrogens (tertiary/aromatic N) is 1. The highest BCUT2D eigenvalue weighted by molar-refractivity contribution is 5.76. The summed E-state index contributed by atoms with van der Waals surface area (Å²) in [7, 11) is 2.97. The van der Waals surface area contributed by atoms with Crippen LogP contribution in [0.2, 0.25) is 0 Å². The molecule has 5 nitrogen and oxygen atoms in total. The number of amides is 1. The number of hydrogen-bond donors (Lipinski definition) is 0. The van der Waals surface area contributed by atoms with Gasteiger partial charge in [0.25, 0.3) is 0 Å². The van der Waals surface area contributed by atoms with Crippen LogP contribution >= 0.6 is 0 Å². The van der Waals surface area contributed by atoms with E-state index in [1.807, 2.05) is 0 Å². The van der Waals surface area contributed by atoms with Crippen molar-refractivity contribution in [2.24, 2.45) is 11.8 Å². The van der Waals surface area contributed by atoms with E-state index in [4.69, 9.17) is 9.57 Å². The summed E-state index contributed by atoms with van der Waals surface area (Å²) in [6.07, 6.45) is 0.901. The summed E-state index contributed by atoms with van der Waals surface area (Å²) in [6.45, 7) is 3.45. The zero-order valence-electron chi connectivity index (χ0n) is 10.2. The van der Waals surface area contributed by atoms with Crippen molar-refractivity contribution in [3.05, 3.63) is 0 Å². The molecule has 0 unspecified atom stereocenters. The van der Waals surface area contributed by atoms with Crippen LogP contribution in [-0.4, -0.2) is 37.2 Å². The van der Waals surface area contributed by atoms with Gasteiger partial charge in [0.05, 0.1) is 13.5 Å². The van der Waals surface area contributed by atoms with Crippen LogP contribution in [0.15, 0.2) is 0 Å². The fourth-order valence-corrected chi connectivity index (χ4v) is 1.77. The number of esters is 1. The molecule has 0 saturated heterocycles. The Morgan fingerprint density at radius 2 is 2.06 bits per heavy atom. The SMILES string of the molecule is CON(C)C(=O)C[C@H](OC(C)=O)[C@@H]1C[C@H]1C. The van der Waals surface area contributed by atoms with Gasteiger partial charge in [-0.2, -0.15) is 0 Å². The maximum absolute atomic E-state index is 11.6. The summed E-state index contributed by atoms with van der Waals surface area (Å²) in [6, 6.07) is 0. The third-order valence-electron chi connectivity index (χ3n) is 2.97. The van der Waals surface area contributed by atoms with Gasteiger partial charge in [-0.05, 0) is 18.3 Å². The van der Waals surface area contributed by atoms with Gasteiger partial charge in [0.2, 0.25) is 5.91 Å². The first-order valence-electron chi connectivity index (χ1n) is 5.43. The number of carbonyl (C=O) groups excluding carboxylic acids is 2. The standard InChI is InChI=1S/C11H19NO4/c1-7-5-9(7)10(16-8(2)13)6-11(14)12(3)15-4/h7,9-10H,5-6H2,1-4H3/t7-,9-,10+/m1/s1. The van der Waals surface area contributed by atoms with Crippen molar-refractivity contribution < 1.29 is 19.2 Å². The van der Waals surface area contributed by atoms with Gasteiger partial charge in [-0.25, -0.2) is 5.06 Å². The van der Waals surface area contributed by atoms with Crippen molar-refractivity contribution in [1.82, 2.24) is 5.06 Å². The van der Waals surface area contributed by atoms with Crippen LogP contribution in [-0.2, 0) is 19.2 Å². The molecule has 0 bridgehead atoms. The summed E-state index contributed by atoms with van der Waals surface area (Å²) in [4.78, 5) is 27.3. The number of rotatable bonds is 5. The van der Waals surface area contributed by atoms with E-state index in [2.05, 4.69) is 6.92 Å². The first-order valence-corrected chi connectivity index (χ1v) is 5.43. The fourth-order valence-electron chi connectivity index (χ4n) is 1.77. The first-order chi connectivity index (χ1) is 7.45. The molecule has 3 atom stereocenters. The highest BCUT2D eigenvalue weighted by atomic mass is 16.7. The van der Waals surface area contributed by atoms with Gasteiger partial charge in [-0.1, -0.05) is 6.92 Å². The minimum absolute atomic E-state index is 0.173. The topological polar surface area (TPSA) is 55.8 Å². The number of carbonyl (C=O) groups is 2. The predicted molar refractivity (Wildman–Crippen MR) is 57.2 cm³/mol. The summed E-state index contributed by atoms with van der Waals surface area (Å²) >= 11 is 0. The molecule has 16 heavy (non-hydrogen) atoms. The van der Waals surface area contributed by atoms with Crippen LogP contribution in [0, 0.1) is 11.8 Å². The predicted octanol–water partition coefficient (Wildman–Crippen LogP) is 0.984. The quantitative estimate of drug-likeness (QED) is 0.521. The highest BCUT2D eigenvalue weighted by Crippen LogP contribution is 2.43. The van der Waals surface area contributed by atoms with E-state index < -0.39 is 0 Å². The van der Waals surface area contributed by atoms with Crippen LogP contribution < -0.4 is 0 Å². The van der Waals surface area contributed by atoms with Crippen molar-refractivity contribution in [3.8, 4) is 0 Å². The molecule has 1 aliphatic carbocycles. The second kappa shape index (κ2) is 5.30. The van der Waals surface area contributed by atoms with E-state index in [1.54, 1.807) is 7.05 Å². The van der Waals surface area contributed by atoms with Gasteiger partial charge in [0.15, 0.2) is 0 Å². The minimum Gasteiger partial charge on any atom is -0.462 e. The summed E-state index contributed by atoms with van der Waals surface area (Å²) in [5.74, 6) is 0.341. The van der Waals surface area contributed by atoms with E-state index in [0.29, 0.717) is 11.8 Å². The second-order valence-corrected chi connectivity index (χ2v) is 4.30. The molecule has 0 spiro atoms. The normalized spacial score (nSPS) is 24.8. The molecule has 1 amide bonds. The molecule has 0 aromatic rings. The van der Waals surface area contributed by atoms with Gasteiger partial charge in [0, 0.05) is 14.0 Å². The smallest absolute Gasteiger partial charge is 0.302 e. The first kappa shape index (κ1) is 13.0. The maximum atomic E-state index is 11.6. The minimum atomic E-state index is -0.336. The van der Waals surface area contributed by atoms with Crippen molar-refractivity contribution in [2.75, 3.05) is 14.2 Å². The van der Waals surface area contributed by atoms with Crippen molar-refractivity contribution in [3.63, 3.8) is 0 Å². The number of ether oxygens (including phenoxy) is 1. The van der Waals surface area contributed by atoms with Crippen LogP contribution in [0.5, 0.6) is 0 Å². The molecule has 0 aliphatic heterocycles. The molecule has 1 rings (SSSR count). The third kappa shape index (κ3) is 3.48. The second-order valence-electron chi connectivity index (χ2n) is 4.30. The van der Waals surface area contributed by atoms with E-state index in [1.165, 1.54) is 14.0 Å². The lowest BCUT2D eigenvalue weighted by atomic mass is 10.1. The molecule has 1 saturated carbocycles. The van der Waals surface area contributed by atoms with Gasteiger partial charge >= 0.3 is 5.97 Å². The zero-order valence-corrected chi connectivity index (χ0v) is 10.2. The summed E-state index contributed by atoms with van der Waals surface area (Å²) in [5.41, 5.74) is 0. The lowest BCUT2D eigenvalue weighted by Crippen LogP contribution is -2.32. The van der Waals surface area contributed by atoms with Gasteiger partial charge in [-0.3, -0.25) is 14.4 Å². The molecular weight excluding hydrogens is 210 g/mol. The molecule has 1 aliphatic rings. The van der Waals surface area contributed by atoms with Crippen molar-refractivity contribution in [1.29, 1.82) is 0 Å². The maximum Gasteiger partial charge on any atom is 0.302 e. The molecule has 1 fully saturated rings. The van der Waals surface area contributed by atoms with E-state index in [9.17, 15) is 9.59 Å². The van der Waals surface area contributed by atoms with Crippen LogP contribution in [0.3, 0.4) is 0 Å². The Hall–Kier alpha value is -1.10. The molecule has 0 aromatic heterocycles.